The van der Waals surface area contributed by atoms with E-state index < -0.39 is 5.91 Å². The SMILES string of the molecule is CC(=N)NC(=O)c1cc(-n2cccn2)ccc1O. The van der Waals surface area contributed by atoms with Crippen molar-refractivity contribution in [2.45, 2.75) is 6.92 Å². The zero-order chi connectivity index (χ0) is 13.1. The van der Waals surface area contributed by atoms with Crippen LogP contribution in [0, 0.1) is 5.41 Å². The zero-order valence-corrected chi connectivity index (χ0v) is 9.71. The first-order valence-corrected chi connectivity index (χ1v) is 5.27. The molecule has 0 unspecified atom stereocenters. The van der Waals surface area contributed by atoms with E-state index in [-0.39, 0.29) is 17.1 Å². The van der Waals surface area contributed by atoms with E-state index in [1.807, 2.05) is 0 Å². The number of amidine groups is 1. The van der Waals surface area contributed by atoms with Gasteiger partial charge >= 0.3 is 0 Å². The maximum Gasteiger partial charge on any atom is 0.260 e. The number of amides is 1. The molecular weight excluding hydrogens is 232 g/mol. The lowest BCUT2D eigenvalue weighted by Gasteiger charge is -2.08. The number of rotatable bonds is 2. The number of aromatic nitrogens is 2. The lowest BCUT2D eigenvalue weighted by atomic mass is 10.1. The van der Waals surface area contributed by atoms with Crippen LogP contribution in [0.15, 0.2) is 36.7 Å². The van der Waals surface area contributed by atoms with Crippen LogP contribution >= 0.6 is 0 Å². The fraction of sp³-hybridized carbons (Fsp3) is 0.0833. The van der Waals surface area contributed by atoms with Gasteiger partial charge in [0.15, 0.2) is 0 Å². The van der Waals surface area contributed by atoms with Crippen LogP contribution in [0.2, 0.25) is 0 Å². The molecular formula is C12H12N4O2. The summed E-state index contributed by atoms with van der Waals surface area (Å²) >= 11 is 0. The second-order valence-electron chi connectivity index (χ2n) is 3.73. The quantitative estimate of drug-likeness (QED) is 0.549. The summed E-state index contributed by atoms with van der Waals surface area (Å²) in [4.78, 5) is 11.8. The predicted octanol–water partition coefficient (Wildman–Crippen LogP) is 1.30. The Hall–Kier alpha value is -2.63. The minimum absolute atomic E-state index is 0.0175. The number of phenols is 1. The Bertz CT molecular complexity index is 590. The van der Waals surface area contributed by atoms with Crippen LogP contribution in [-0.4, -0.2) is 26.6 Å². The molecule has 2 aromatic rings. The number of carbonyl (C=O) groups excluding carboxylic acids is 1. The van der Waals surface area contributed by atoms with E-state index in [1.165, 1.54) is 19.1 Å². The average molecular weight is 244 g/mol. The van der Waals surface area contributed by atoms with Crippen molar-refractivity contribution in [3.8, 4) is 11.4 Å². The van der Waals surface area contributed by atoms with E-state index in [2.05, 4.69) is 10.4 Å². The minimum atomic E-state index is -0.519. The van der Waals surface area contributed by atoms with E-state index in [9.17, 15) is 9.90 Å². The van der Waals surface area contributed by atoms with Gasteiger partial charge in [0, 0.05) is 12.4 Å². The van der Waals surface area contributed by atoms with Gasteiger partial charge in [0.05, 0.1) is 17.1 Å². The van der Waals surface area contributed by atoms with Crippen LogP contribution < -0.4 is 5.32 Å². The standard InChI is InChI=1S/C12H12N4O2/c1-8(13)15-12(18)10-7-9(3-4-11(10)17)16-6-2-5-14-16/h2-7,17H,1H3,(H2,13,15,18). The van der Waals surface area contributed by atoms with Crippen molar-refractivity contribution < 1.29 is 9.90 Å². The first-order valence-electron chi connectivity index (χ1n) is 5.27. The Labute approximate surface area is 103 Å². The van der Waals surface area contributed by atoms with Crippen molar-refractivity contribution in [2.75, 3.05) is 0 Å². The highest BCUT2D eigenvalue weighted by molar-refractivity contribution is 6.06. The molecule has 1 aromatic heterocycles. The van der Waals surface area contributed by atoms with Gasteiger partial charge in [-0.1, -0.05) is 0 Å². The molecule has 6 nitrogen and oxygen atoms in total. The number of nitrogens with zero attached hydrogens (tertiary/aromatic N) is 2. The summed E-state index contributed by atoms with van der Waals surface area (Å²) < 4.78 is 1.58. The number of benzene rings is 1. The molecule has 18 heavy (non-hydrogen) atoms. The first kappa shape index (κ1) is 11.8. The van der Waals surface area contributed by atoms with Crippen LogP contribution in [0.1, 0.15) is 17.3 Å². The fourth-order valence-corrected chi connectivity index (χ4v) is 1.51. The molecule has 0 saturated heterocycles. The molecule has 1 amide bonds. The normalized spacial score (nSPS) is 10.1. The van der Waals surface area contributed by atoms with Crippen LogP contribution in [0.25, 0.3) is 5.69 Å². The number of phenolic OH excluding ortho intramolecular Hbond substituents is 1. The summed E-state index contributed by atoms with van der Waals surface area (Å²) in [7, 11) is 0. The summed E-state index contributed by atoms with van der Waals surface area (Å²) in [6.45, 7) is 1.45. The van der Waals surface area contributed by atoms with E-state index in [1.54, 1.807) is 29.2 Å². The van der Waals surface area contributed by atoms with E-state index in [4.69, 9.17) is 5.41 Å². The van der Waals surface area contributed by atoms with Crippen molar-refractivity contribution in [3.05, 3.63) is 42.2 Å². The largest absolute Gasteiger partial charge is 0.507 e. The smallest absolute Gasteiger partial charge is 0.260 e. The van der Waals surface area contributed by atoms with Gasteiger partial charge in [-0.15, -0.1) is 0 Å². The lowest BCUT2D eigenvalue weighted by molar-refractivity contribution is 0.0974. The molecule has 92 valence electrons. The molecule has 2 rings (SSSR count). The van der Waals surface area contributed by atoms with Gasteiger partial charge in [-0.2, -0.15) is 5.10 Å². The molecule has 6 heteroatoms. The van der Waals surface area contributed by atoms with Gasteiger partial charge in [0.25, 0.3) is 5.91 Å². The molecule has 0 spiro atoms. The molecule has 3 N–H and O–H groups in total. The van der Waals surface area contributed by atoms with Crippen molar-refractivity contribution in [2.24, 2.45) is 0 Å². The van der Waals surface area contributed by atoms with Gasteiger partial charge in [-0.3, -0.25) is 10.2 Å². The Morgan fingerprint density at radius 3 is 2.89 bits per heavy atom. The van der Waals surface area contributed by atoms with Crippen LogP contribution in [0.3, 0.4) is 0 Å². The second-order valence-corrected chi connectivity index (χ2v) is 3.73. The van der Waals surface area contributed by atoms with Crippen molar-refractivity contribution in [1.29, 1.82) is 5.41 Å². The summed E-state index contributed by atoms with van der Waals surface area (Å²) in [5, 5.41) is 23.2. The summed E-state index contributed by atoms with van der Waals surface area (Å²) in [6, 6.07) is 6.34. The molecule has 1 heterocycles. The summed E-state index contributed by atoms with van der Waals surface area (Å²) in [5.74, 6) is -0.637. The molecule has 0 aliphatic rings. The van der Waals surface area contributed by atoms with E-state index in [0.29, 0.717) is 5.69 Å². The van der Waals surface area contributed by atoms with E-state index in [0.717, 1.165) is 0 Å². The maximum absolute atomic E-state index is 11.8. The molecule has 1 aromatic carbocycles. The Morgan fingerprint density at radius 2 is 2.28 bits per heavy atom. The lowest BCUT2D eigenvalue weighted by Crippen LogP contribution is -2.27. The molecule has 0 fully saturated rings. The van der Waals surface area contributed by atoms with Gasteiger partial charge in [0.1, 0.15) is 5.75 Å². The second kappa shape index (κ2) is 4.70. The van der Waals surface area contributed by atoms with Crippen molar-refractivity contribution in [3.63, 3.8) is 0 Å². The third-order valence-corrected chi connectivity index (χ3v) is 2.29. The highest BCUT2D eigenvalue weighted by atomic mass is 16.3. The molecule has 0 saturated carbocycles. The third-order valence-electron chi connectivity index (χ3n) is 2.29. The topological polar surface area (TPSA) is 91.0 Å². The summed E-state index contributed by atoms with van der Waals surface area (Å²) in [6.07, 6.45) is 3.35. The van der Waals surface area contributed by atoms with Gasteiger partial charge in [-0.05, 0) is 31.2 Å². The highest BCUT2D eigenvalue weighted by Gasteiger charge is 2.12. The molecule has 0 aliphatic heterocycles. The van der Waals surface area contributed by atoms with E-state index >= 15 is 0 Å². The van der Waals surface area contributed by atoms with Crippen LogP contribution in [-0.2, 0) is 0 Å². The molecule has 0 atom stereocenters. The van der Waals surface area contributed by atoms with Gasteiger partial charge in [-0.25, -0.2) is 4.68 Å². The highest BCUT2D eigenvalue weighted by Crippen LogP contribution is 2.20. The predicted molar refractivity (Wildman–Crippen MR) is 66.1 cm³/mol. The van der Waals surface area contributed by atoms with Gasteiger partial charge in [0.2, 0.25) is 0 Å². The molecule has 0 bridgehead atoms. The Morgan fingerprint density at radius 1 is 1.50 bits per heavy atom. The molecule has 0 aliphatic carbocycles. The maximum atomic E-state index is 11.8. The molecule has 0 radical (unpaired) electrons. The number of carbonyl (C=O) groups is 1. The van der Waals surface area contributed by atoms with Gasteiger partial charge < -0.3 is 10.4 Å². The fourth-order valence-electron chi connectivity index (χ4n) is 1.51. The van der Waals surface area contributed by atoms with Crippen molar-refractivity contribution >= 4 is 11.7 Å². The number of nitrogens with one attached hydrogen (secondary N) is 2. The number of hydrogen-bond donors (Lipinski definition) is 3. The zero-order valence-electron chi connectivity index (χ0n) is 9.71. The summed E-state index contributed by atoms with van der Waals surface area (Å²) in [5.41, 5.74) is 0.764. The minimum Gasteiger partial charge on any atom is -0.507 e. The Kier molecular flexibility index (Phi) is 3.09. The number of hydrogen-bond acceptors (Lipinski definition) is 4. The number of aromatic hydroxyl groups is 1. The monoisotopic (exact) mass is 244 g/mol. The first-order chi connectivity index (χ1) is 8.58. The van der Waals surface area contributed by atoms with Crippen LogP contribution in [0.5, 0.6) is 5.75 Å². The van der Waals surface area contributed by atoms with Crippen LogP contribution in [0.4, 0.5) is 0 Å². The average Bonchev–Trinajstić information content (AvgIpc) is 2.82. The Balaban J connectivity index is 2.38. The third kappa shape index (κ3) is 2.37. The van der Waals surface area contributed by atoms with Crippen molar-refractivity contribution in [1.82, 2.24) is 15.1 Å².